The van der Waals surface area contributed by atoms with E-state index in [4.69, 9.17) is 15.2 Å². The van der Waals surface area contributed by atoms with Crippen molar-refractivity contribution in [1.29, 1.82) is 0 Å². The molecule has 0 unspecified atom stereocenters. The van der Waals surface area contributed by atoms with Crippen LogP contribution in [0.3, 0.4) is 0 Å². The average Bonchev–Trinajstić information content (AvgIpc) is 2.17. The van der Waals surface area contributed by atoms with Crippen molar-refractivity contribution in [3.63, 3.8) is 0 Å². The van der Waals surface area contributed by atoms with Crippen molar-refractivity contribution in [2.24, 2.45) is 5.73 Å². The Balaban J connectivity index is 2.44. The molecular formula is C13H21NO2. The van der Waals surface area contributed by atoms with Gasteiger partial charge in [-0.3, -0.25) is 0 Å². The van der Waals surface area contributed by atoms with Gasteiger partial charge in [0.2, 0.25) is 0 Å². The Morgan fingerprint density at radius 3 is 2.38 bits per heavy atom. The van der Waals surface area contributed by atoms with Gasteiger partial charge in [0.05, 0.1) is 13.2 Å². The van der Waals surface area contributed by atoms with E-state index < -0.39 is 0 Å². The second-order valence-electron chi connectivity index (χ2n) is 4.49. The topological polar surface area (TPSA) is 44.5 Å². The van der Waals surface area contributed by atoms with Gasteiger partial charge < -0.3 is 15.2 Å². The fraction of sp³-hybridized carbons (Fsp3) is 0.538. The molecule has 0 atom stereocenters. The third-order valence-corrected chi connectivity index (χ3v) is 2.13. The zero-order valence-corrected chi connectivity index (χ0v) is 10.3. The Morgan fingerprint density at radius 2 is 1.81 bits per heavy atom. The van der Waals surface area contributed by atoms with Crippen LogP contribution in [0.4, 0.5) is 0 Å². The smallest absolute Gasteiger partial charge is 0.122 e. The highest BCUT2D eigenvalue weighted by Gasteiger charge is 2.10. The highest BCUT2D eigenvalue weighted by molar-refractivity contribution is 5.32. The van der Waals surface area contributed by atoms with Crippen LogP contribution in [0, 0.1) is 0 Å². The molecule has 90 valence electrons. The molecule has 0 spiro atoms. The normalized spacial score (nSPS) is 11.2. The number of rotatable bonds is 6. The molecule has 1 aromatic rings. The fourth-order valence-corrected chi connectivity index (χ4v) is 1.25. The van der Waals surface area contributed by atoms with E-state index in [1.807, 2.05) is 45.0 Å². The maximum absolute atomic E-state index is 5.87. The van der Waals surface area contributed by atoms with Crippen molar-refractivity contribution in [2.45, 2.75) is 32.7 Å². The van der Waals surface area contributed by atoms with Crippen molar-refractivity contribution in [3.05, 3.63) is 24.3 Å². The van der Waals surface area contributed by atoms with E-state index in [1.165, 1.54) is 0 Å². The molecule has 1 rings (SSSR count). The Hall–Kier alpha value is -1.22. The quantitative estimate of drug-likeness (QED) is 0.806. The lowest BCUT2D eigenvalue weighted by molar-refractivity contribution is 0.271. The Kier molecular flexibility index (Phi) is 4.62. The molecule has 2 N–H and O–H groups in total. The molecule has 0 saturated carbocycles. The Bertz CT molecular complexity index is 318. The Morgan fingerprint density at radius 1 is 1.19 bits per heavy atom. The lowest BCUT2D eigenvalue weighted by Gasteiger charge is -2.18. The molecule has 3 heteroatoms. The molecule has 0 aliphatic rings. The summed E-state index contributed by atoms with van der Waals surface area (Å²) in [6.45, 7) is 7.24. The predicted octanol–water partition coefficient (Wildman–Crippen LogP) is 2.59. The first-order chi connectivity index (χ1) is 7.51. The van der Waals surface area contributed by atoms with Gasteiger partial charge in [0.25, 0.3) is 0 Å². The van der Waals surface area contributed by atoms with Gasteiger partial charge in [-0.05, 0) is 39.3 Å². The molecule has 0 aliphatic heterocycles. The van der Waals surface area contributed by atoms with Gasteiger partial charge in [-0.2, -0.15) is 0 Å². The number of hydrogen-bond donors (Lipinski definition) is 1. The van der Waals surface area contributed by atoms with E-state index in [0.29, 0.717) is 13.2 Å². The molecule has 3 nitrogen and oxygen atoms in total. The summed E-state index contributed by atoms with van der Waals surface area (Å²) in [6.07, 6.45) is 0.825. The summed E-state index contributed by atoms with van der Waals surface area (Å²) in [5.41, 5.74) is 5.69. The standard InChI is InChI=1S/C13H21NO2/c1-4-15-11-6-5-7-12(10-11)16-9-8-13(2,3)14/h5-7,10H,4,8-9,14H2,1-3H3. The highest BCUT2D eigenvalue weighted by Crippen LogP contribution is 2.19. The van der Waals surface area contributed by atoms with Gasteiger partial charge in [0, 0.05) is 11.6 Å². The van der Waals surface area contributed by atoms with Crippen LogP contribution in [-0.2, 0) is 0 Å². The van der Waals surface area contributed by atoms with Crippen LogP contribution in [0.5, 0.6) is 11.5 Å². The first-order valence-corrected chi connectivity index (χ1v) is 5.66. The maximum Gasteiger partial charge on any atom is 0.122 e. The number of benzene rings is 1. The van der Waals surface area contributed by atoms with Crippen LogP contribution in [-0.4, -0.2) is 18.8 Å². The molecular weight excluding hydrogens is 202 g/mol. The van der Waals surface area contributed by atoms with Gasteiger partial charge in [0.1, 0.15) is 11.5 Å². The van der Waals surface area contributed by atoms with E-state index in [-0.39, 0.29) is 5.54 Å². The molecule has 0 amide bonds. The second kappa shape index (κ2) is 5.75. The van der Waals surface area contributed by atoms with Gasteiger partial charge in [-0.25, -0.2) is 0 Å². The largest absolute Gasteiger partial charge is 0.494 e. The number of nitrogens with two attached hydrogens (primary N) is 1. The monoisotopic (exact) mass is 223 g/mol. The first kappa shape index (κ1) is 12.8. The zero-order valence-electron chi connectivity index (χ0n) is 10.3. The average molecular weight is 223 g/mol. The van der Waals surface area contributed by atoms with Crippen LogP contribution in [0.25, 0.3) is 0 Å². The minimum absolute atomic E-state index is 0.183. The summed E-state index contributed by atoms with van der Waals surface area (Å²) < 4.78 is 11.0. The van der Waals surface area contributed by atoms with E-state index in [9.17, 15) is 0 Å². The molecule has 0 aromatic heterocycles. The van der Waals surface area contributed by atoms with Crippen LogP contribution in [0.15, 0.2) is 24.3 Å². The number of ether oxygens (including phenoxy) is 2. The van der Waals surface area contributed by atoms with Crippen molar-refractivity contribution in [1.82, 2.24) is 0 Å². The molecule has 0 saturated heterocycles. The molecule has 16 heavy (non-hydrogen) atoms. The van der Waals surface area contributed by atoms with Gasteiger partial charge in [0.15, 0.2) is 0 Å². The SMILES string of the molecule is CCOc1cccc(OCCC(C)(C)N)c1. The fourth-order valence-electron chi connectivity index (χ4n) is 1.25. The molecule has 0 heterocycles. The summed E-state index contributed by atoms with van der Waals surface area (Å²) in [5, 5.41) is 0. The van der Waals surface area contributed by atoms with Crippen LogP contribution in [0.1, 0.15) is 27.2 Å². The van der Waals surface area contributed by atoms with Crippen LogP contribution < -0.4 is 15.2 Å². The molecule has 0 aliphatic carbocycles. The van der Waals surface area contributed by atoms with E-state index in [0.717, 1.165) is 17.9 Å². The first-order valence-electron chi connectivity index (χ1n) is 5.66. The third-order valence-electron chi connectivity index (χ3n) is 2.13. The summed E-state index contributed by atoms with van der Waals surface area (Å²) in [5.74, 6) is 1.67. The molecule has 1 aromatic carbocycles. The third kappa shape index (κ3) is 5.03. The summed E-state index contributed by atoms with van der Waals surface area (Å²) >= 11 is 0. The minimum atomic E-state index is -0.183. The van der Waals surface area contributed by atoms with E-state index >= 15 is 0 Å². The predicted molar refractivity (Wildman–Crippen MR) is 66.0 cm³/mol. The van der Waals surface area contributed by atoms with Gasteiger partial charge in [-0.1, -0.05) is 6.07 Å². The molecule has 0 radical (unpaired) electrons. The highest BCUT2D eigenvalue weighted by atomic mass is 16.5. The van der Waals surface area contributed by atoms with E-state index in [2.05, 4.69) is 0 Å². The molecule has 0 fully saturated rings. The van der Waals surface area contributed by atoms with Crippen LogP contribution >= 0.6 is 0 Å². The number of hydrogen-bond acceptors (Lipinski definition) is 3. The lowest BCUT2D eigenvalue weighted by Crippen LogP contribution is -2.33. The molecule has 0 bridgehead atoms. The van der Waals surface area contributed by atoms with E-state index in [1.54, 1.807) is 0 Å². The van der Waals surface area contributed by atoms with Gasteiger partial charge >= 0.3 is 0 Å². The zero-order chi connectivity index (χ0) is 12.0. The lowest BCUT2D eigenvalue weighted by atomic mass is 10.0. The minimum Gasteiger partial charge on any atom is -0.494 e. The van der Waals surface area contributed by atoms with Crippen molar-refractivity contribution in [2.75, 3.05) is 13.2 Å². The Labute approximate surface area is 97.6 Å². The van der Waals surface area contributed by atoms with Gasteiger partial charge in [-0.15, -0.1) is 0 Å². The second-order valence-corrected chi connectivity index (χ2v) is 4.49. The van der Waals surface area contributed by atoms with Crippen molar-refractivity contribution >= 4 is 0 Å². The summed E-state index contributed by atoms with van der Waals surface area (Å²) in [6, 6.07) is 7.66. The van der Waals surface area contributed by atoms with Crippen LogP contribution in [0.2, 0.25) is 0 Å². The van der Waals surface area contributed by atoms with Crippen molar-refractivity contribution < 1.29 is 9.47 Å². The van der Waals surface area contributed by atoms with Crippen molar-refractivity contribution in [3.8, 4) is 11.5 Å². The maximum atomic E-state index is 5.87. The summed E-state index contributed by atoms with van der Waals surface area (Å²) in [7, 11) is 0. The summed E-state index contributed by atoms with van der Waals surface area (Å²) in [4.78, 5) is 0.